The van der Waals surface area contributed by atoms with Gasteiger partial charge < -0.3 is 9.84 Å². The molecule has 3 heteroatoms. The number of para-hydroxylation sites is 1. The first-order valence-electron chi connectivity index (χ1n) is 6.76. The van der Waals surface area contributed by atoms with Crippen LogP contribution in [0.15, 0.2) is 24.3 Å². The van der Waals surface area contributed by atoms with Gasteiger partial charge in [0.15, 0.2) is 0 Å². The van der Waals surface area contributed by atoms with E-state index in [-0.39, 0.29) is 11.7 Å². The van der Waals surface area contributed by atoms with Gasteiger partial charge in [-0.3, -0.25) is 0 Å². The Morgan fingerprint density at radius 3 is 2.33 bits per heavy atom. The van der Waals surface area contributed by atoms with Crippen molar-refractivity contribution in [2.24, 2.45) is 0 Å². The van der Waals surface area contributed by atoms with Crippen LogP contribution in [0.4, 0.5) is 0 Å². The summed E-state index contributed by atoms with van der Waals surface area (Å²) in [5.74, 6) is -0.410. The number of ether oxygens (including phenoxy) is 1. The molecule has 0 aromatic heterocycles. The van der Waals surface area contributed by atoms with Crippen molar-refractivity contribution < 1.29 is 14.6 Å². The summed E-state index contributed by atoms with van der Waals surface area (Å²) in [5, 5.41) is 9.12. The van der Waals surface area contributed by atoms with Crippen LogP contribution >= 0.6 is 0 Å². The molecule has 1 fully saturated rings. The van der Waals surface area contributed by atoms with E-state index in [0.29, 0.717) is 5.75 Å². The molecule has 18 heavy (non-hydrogen) atoms. The predicted molar refractivity (Wildman–Crippen MR) is 70.1 cm³/mol. The fraction of sp³-hybridized carbons (Fsp3) is 0.533. The average Bonchev–Trinajstić information content (AvgIpc) is 2.33. The van der Waals surface area contributed by atoms with Crippen LogP contribution in [0.1, 0.15) is 55.3 Å². The Labute approximate surface area is 108 Å². The maximum absolute atomic E-state index is 11.1. The van der Waals surface area contributed by atoms with E-state index in [1.807, 2.05) is 6.07 Å². The lowest BCUT2D eigenvalue weighted by Crippen LogP contribution is -2.19. The summed E-state index contributed by atoms with van der Waals surface area (Å²) >= 11 is 0. The molecule has 0 amide bonds. The molecule has 1 aliphatic rings. The van der Waals surface area contributed by atoms with Crippen LogP contribution in [0.2, 0.25) is 0 Å². The normalized spacial score (nSPS) is 17.8. The molecule has 0 aliphatic heterocycles. The molecule has 0 heterocycles. The maximum Gasteiger partial charge on any atom is 0.339 e. The van der Waals surface area contributed by atoms with Crippen molar-refractivity contribution in [3.05, 3.63) is 29.8 Å². The van der Waals surface area contributed by atoms with Crippen molar-refractivity contribution in [2.45, 2.75) is 51.0 Å². The molecular formula is C15H20O3. The second kappa shape index (κ2) is 6.43. The lowest BCUT2D eigenvalue weighted by Gasteiger charge is -2.22. The molecule has 1 aromatic rings. The van der Waals surface area contributed by atoms with E-state index >= 15 is 0 Å². The fourth-order valence-corrected chi connectivity index (χ4v) is 2.46. The molecule has 1 aliphatic carbocycles. The smallest absolute Gasteiger partial charge is 0.339 e. The van der Waals surface area contributed by atoms with Gasteiger partial charge in [0.25, 0.3) is 0 Å². The summed E-state index contributed by atoms with van der Waals surface area (Å²) in [6, 6.07) is 6.90. The van der Waals surface area contributed by atoms with E-state index in [1.165, 1.54) is 32.1 Å². The van der Waals surface area contributed by atoms with Gasteiger partial charge in [-0.05, 0) is 37.8 Å². The van der Waals surface area contributed by atoms with Crippen molar-refractivity contribution in [3.63, 3.8) is 0 Å². The van der Waals surface area contributed by atoms with Crippen LogP contribution < -0.4 is 4.74 Å². The minimum atomic E-state index is -0.920. The highest BCUT2D eigenvalue weighted by molar-refractivity contribution is 5.90. The predicted octanol–water partition coefficient (Wildman–Crippen LogP) is 3.88. The van der Waals surface area contributed by atoms with Crippen molar-refractivity contribution in [1.29, 1.82) is 0 Å². The summed E-state index contributed by atoms with van der Waals surface area (Å²) in [6.07, 6.45) is 8.45. The standard InChI is InChI=1S/C15H20O3/c16-15(17)13-10-6-7-11-14(13)18-12-8-4-2-1-3-5-9-12/h6-7,10-12H,1-5,8-9H2,(H,16,17). The van der Waals surface area contributed by atoms with Crippen LogP contribution in [0, 0.1) is 0 Å². The molecule has 2 rings (SSSR count). The molecule has 1 N–H and O–H groups in total. The van der Waals surface area contributed by atoms with Crippen molar-refractivity contribution in [3.8, 4) is 5.75 Å². The largest absolute Gasteiger partial charge is 0.490 e. The van der Waals surface area contributed by atoms with Crippen molar-refractivity contribution >= 4 is 5.97 Å². The summed E-state index contributed by atoms with van der Waals surface area (Å²) in [4.78, 5) is 11.1. The highest BCUT2D eigenvalue weighted by Crippen LogP contribution is 2.25. The number of carbonyl (C=O) groups is 1. The third-order valence-electron chi connectivity index (χ3n) is 3.46. The molecular weight excluding hydrogens is 228 g/mol. The van der Waals surface area contributed by atoms with Gasteiger partial charge >= 0.3 is 5.97 Å². The number of carboxylic acid groups (broad SMARTS) is 1. The molecule has 0 radical (unpaired) electrons. The highest BCUT2D eigenvalue weighted by Gasteiger charge is 2.16. The summed E-state index contributed by atoms with van der Waals surface area (Å²) in [6.45, 7) is 0. The topological polar surface area (TPSA) is 46.5 Å². The van der Waals surface area contributed by atoms with Crippen molar-refractivity contribution in [1.82, 2.24) is 0 Å². The molecule has 1 aromatic carbocycles. The monoisotopic (exact) mass is 248 g/mol. The Bertz CT molecular complexity index is 392. The molecule has 98 valence electrons. The second-order valence-corrected chi connectivity index (χ2v) is 4.89. The minimum Gasteiger partial charge on any atom is -0.490 e. The molecule has 0 saturated heterocycles. The van der Waals surface area contributed by atoms with Gasteiger partial charge in [-0.2, -0.15) is 0 Å². The molecule has 1 saturated carbocycles. The van der Waals surface area contributed by atoms with Gasteiger partial charge in [0.05, 0.1) is 6.10 Å². The minimum absolute atomic E-state index is 0.172. The van der Waals surface area contributed by atoms with E-state index in [9.17, 15) is 4.79 Å². The van der Waals surface area contributed by atoms with Crippen LogP contribution in [0.5, 0.6) is 5.75 Å². The number of benzene rings is 1. The van der Waals surface area contributed by atoms with Gasteiger partial charge in [-0.15, -0.1) is 0 Å². The zero-order chi connectivity index (χ0) is 12.8. The summed E-state index contributed by atoms with van der Waals surface area (Å²) in [5.41, 5.74) is 0.263. The molecule has 0 bridgehead atoms. The number of carboxylic acids is 1. The van der Waals surface area contributed by atoms with E-state index in [1.54, 1.807) is 18.2 Å². The van der Waals surface area contributed by atoms with Gasteiger partial charge in [-0.25, -0.2) is 4.79 Å². The molecule has 0 unspecified atom stereocenters. The Balaban J connectivity index is 2.05. The number of hydrogen-bond donors (Lipinski definition) is 1. The Hall–Kier alpha value is -1.51. The van der Waals surface area contributed by atoms with Gasteiger partial charge in [-0.1, -0.05) is 31.4 Å². The Morgan fingerprint density at radius 1 is 1.06 bits per heavy atom. The number of hydrogen-bond acceptors (Lipinski definition) is 2. The van der Waals surface area contributed by atoms with Crippen LogP contribution in [0.3, 0.4) is 0 Å². The lowest BCUT2D eigenvalue weighted by atomic mass is 9.98. The average molecular weight is 248 g/mol. The van der Waals surface area contributed by atoms with Gasteiger partial charge in [0.1, 0.15) is 11.3 Å². The van der Waals surface area contributed by atoms with Crippen LogP contribution in [0.25, 0.3) is 0 Å². The summed E-state index contributed by atoms with van der Waals surface area (Å²) in [7, 11) is 0. The first-order chi connectivity index (χ1) is 8.77. The quantitative estimate of drug-likeness (QED) is 0.883. The first-order valence-corrected chi connectivity index (χ1v) is 6.76. The third kappa shape index (κ3) is 3.49. The van der Waals surface area contributed by atoms with Crippen LogP contribution in [-0.4, -0.2) is 17.2 Å². The lowest BCUT2D eigenvalue weighted by molar-refractivity contribution is 0.0687. The van der Waals surface area contributed by atoms with Crippen molar-refractivity contribution in [2.75, 3.05) is 0 Å². The van der Waals surface area contributed by atoms with E-state index in [4.69, 9.17) is 9.84 Å². The Kier molecular flexibility index (Phi) is 4.62. The maximum atomic E-state index is 11.1. The van der Waals surface area contributed by atoms with E-state index in [2.05, 4.69) is 0 Å². The second-order valence-electron chi connectivity index (χ2n) is 4.89. The van der Waals surface area contributed by atoms with E-state index < -0.39 is 5.97 Å². The SMILES string of the molecule is O=C(O)c1ccccc1OC1CCCCCCC1. The van der Waals surface area contributed by atoms with E-state index in [0.717, 1.165) is 12.8 Å². The van der Waals surface area contributed by atoms with Gasteiger partial charge in [0, 0.05) is 0 Å². The number of rotatable bonds is 3. The zero-order valence-corrected chi connectivity index (χ0v) is 10.6. The zero-order valence-electron chi connectivity index (χ0n) is 10.6. The van der Waals surface area contributed by atoms with Crippen LogP contribution in [-0.2, 0) is 0 Å². The molecule has 3 nitrogen and oxygen atoms in total. The van der Waals surface area contributed by atoms with Gasteiger partial charge in [0.2, 0.25) is 0 Å². The molecule has 0 spiro atoms. The highest BCUT2D eigenvalue weighted by atomic mass is 16.5. The number of aromatic carboxylic acids is 1. The third-order valence-corrected chi connectivity index (χ3v) is 3.46. The first kappa shape index (κ1) is 12.9. The fourth-order valence-electron chi connectivity index (χ4n) is 2.46. The summed E-state index contributed by atoms with van der Waals surface area (Å²) < 4.78 is 5.90. The Morgan fingerprint density at radius 2 is 1.67 bits per heavy atom. The molecule has 0 atom stereocenters.